The van der Waals surface area contributed by atoms with E-state index in [0.29, 0.717) is 18.2 Å². The second-order valence-electron chi connectivity index (χ2n) is 5.52. The smallest absolute Gasteiger partial charge is 0.226 e. The van der Waals surface area contributed by atoms with Crippen molar-refractivity contribution in [2.45, 2.75) is 25.5 Å². The lowest BCUT2D eigenvalue weighted by atomic mass is 10.2. The van der Waals surface area contributed by atoms with Crippen LogP contribution < -0.4 is 10.6 Å². The molecular weight excluding hydrogens is 274 g/mol. The van der Waals surface area contributed by atoms with Crippen molar-refractivity contribution < 1.29 is 5.11 Å². The van der Waals surface area contributed by atoms with Crippen LogP contribution in [-0.2, 0) is 0 Å². The first-order valence-electron chi connectivity index (χ1n) is 6.61. The lowest BCUT2D eigenvalue weighted by molar-refractivity contribution is 0.191. The number of aryl methyl sites for hydroxylation is 1. The predicted molar refractivity (Wildman–Crippen MR) is 83.0 cm³/mol. The molecule has 0 aromatic carbocycles. The largest absolute Gasteiger partial charge is 0.391 e. The van der Waals surface area contributed by atoms with E-state index in [2.05, 4.69) is 14.9 Å². The Hall–Kier alpha value is -1.31. The highest BCUT2D eigenvalue weighted by atomic mass is 32.1. The van der Waals surface area contributed by atoms with Crippen LogP contribution in [0.3, 0.4) is 0 Å². The lowest BCUT2D eigenvalue weighted by Gasteiger charge is -2.27. The maximum atomic E-state index is 9.93. The molecule has 0 bridgehead atoms. The number of aliphatic hydroxyl groups is 1. The summed E-state index contributed by atoms with van der Waals surface area (Å²) >= 11 is 4.99. The van der Waals surface area contributed by atoms with Gasteiger partial charge in [0.25, 0.3) is 0 Å². The molecule has 0 amide bonds. The minimum absolute atomic E-state index is 0.195. The number of likely N-dealkylation sites (N-methyl/N-ethyl adjacent to an activating group) is 1. The Morgan fingerprint density at radius 2 is 2.25 bits per heavy atom. The van der Waals surface area contributed by atoms with Crippen LogP contribution in [0.25, 0.3) is 0 Å². The quantitative estimate of drug-likeness (QED) is 0.752. The average molecular weight is 295 g/mol. The van der Waals surface area contributed by atoms with Crippen molar-refractivity contribution >= 4 is 23.2 Å². The van der Waals surface area contributed by atoms with Gasteiger partial charge in [0.15, 0.2) is 0 Å². The summed E-state index contributed by atoms with van der Waals surface area (Å²) in [5, 5.41) is 9.93. The van der Waals surface area contributed by atoms with Gasteiger partial charge in [-0.05, 0) is 33.5 Å². The monoisotopic (exact) mass is 295 g/mol. The molecule has 20 heavy (non-hydrogen) atoms. The van der Waals surface area contributed by atoms with E-state index < -0.39 is 0 Å². The van der Waals surface area contributed by atoms with Gasteiger partial charge in [-0.1, -0.05) is 12.2 Å². The number of rotatable bonds is 4. The summed E-state index contributed by atoms with van der Waals surface area (Å²) in [6.45, 7) is 3.27. The number of aromatic nitrogens is 2. The van der Waals surface area contributed by atoms with E-state index in [-0.39, 0.29) is 17.1 Å². The number of aliphatic hydroxyl groups excluding tert-OH is 1. The number of nitrogens with two attached hydrogens (primary N) is 1. The molecule has 1 fully saturated rings. The minimum Gasteiger partial charge on any atom is -0.391 e. The van der Waals surface area contributed by atoms with Gasteiger partial charge in [-0.3, -0.25) is 0 Å². The van der Waals surface area contributed by atoms with Crippen LogP contribution in [0.1, 0.15) is 17.8 Å². The van der Waals surface area contributed by atoms with Crippen molar-refractivity contribution in [1.82, 2.24) is 14.9 Å². The molecule has 1 aliphatic rings. The summed E-state index contributed by atoms with van der Waals surface area (Å²) in [6.07, 6.45) is 0.370. The first-order chi connectivity index (χ1) is 9.36. The van der Waals surface area contributed by atoms with Gasteiger partial charge in [-0.2, -0.15) is 0 Å². The Morgan fingerprint density at radius 1 is 1.55 bits per heavy atom. The summed E-state index contributed by atoms with van der Waals surface area (Å²) in [4.78, 5) is 13.3. The van der Waals surface area contributed by atoms with Crippen molar-refractivity contribution in [3.63, 3.8) is 0 Å². The van der Waals surface area contributed by atoms with Crippen LogP contribution in [0.5, 0.6) is 0 Å². The molecule has 7 heteroatoms. The van der Waals surface area contributed by atoms with Gasteiger partial charge < -0.3 is 20.6 Å². The predicted octanol–water partition coefficient (Wildman–Crippen LogP) is -0.0796. The summed E-state index contributed by atoms with van der Waals surface area (Å²) < 4.78 is 0. The number of hydrogen-bond donors (Lipinski definition) is 2. The van der Waals surface area contributed by atoms with E-state index in [1.165, 1.54) is 0 Å². The second kappa shape index (κ2) is 5.99. The van der Waals surface area contributed by atoms with Gasteiger partial charge in [0.1, 0.15) is 10.7 Å². The van der Waals surface area contributed by atoms with Crippen LogP contribution in [0, 0.1) is 6.92 Å². The molecule has 1 aliphatic heterocycles. The molecule has 1 aromatic heterocycles. The molecule has 2 atom stereocenters. The second-order valence-corrected chi connectivity index (χ2v) is 5.96. The van der Waals surface area contributed by atoms with Gasteiger partial charge in [-0.15, -0.1) is 0 Å². The molecule has 3 N–H and O–H groups in total. The molecule has 0 radical (unpaired) electrons. The van der Waals surface area contributed by atoms with Crippen molar-refractivity contribution in [2.24, 2.45) is 5.73 Å². The van der Waals surface area contributed by atoms with Crippen LogP contribution >= 0.6 is 12.2 Å². The minimum atomic E-state index is -0.350. The summed E-state index contributed by atoms with van der Waals surface area (Å²) in [6, 6.07) is 1.97. The lowest BCUT2D eigenvalue weighted by Crippen LogP contribution is -2.39. The van der Waals surface area contributed by atoms with Gasteiger partial charge in [-0.25, -0.2) is 9.97 Å². The summed E-state index contributed by atoms with van der Waals surface area (Å²) in [7, 11) is 4.03. The Labute approximate surface area is 124 Å². The molecule has 2 unspecified atom stereocenters. The normalized spacial score (nSPS) is 22.6. The molecule has 1 saturated heterocycles. The summed E-state index contributed by atoms with van der Waals surface area (Å²) in [5.74, 6) is 0.594. The highest BCUT2D eigenvalue weighted by molar-refractivity contribution is 7.80. The Balaban J connectivity index is 2.31. The average Bonchev–Trinajstić information content (AvgIpc) is 2.68. The van der Waals surface area contributed by atoms with Gasteiger partial charge in [0, 0.05) is 24.8 Å². The zero-order valence-corrected chi connectivity index (χ0v) is 12.9. The highest BCUT2D eigenvalue weighted by Crippen LogP contribution is 2.23. The summed E-state index contributed by atoms with van der Waals surface area (Å²) in [5.41, 5.74) is 7.06. The van der Waals surface area contributed by atoms with E-state index in [9.17, 15) is 5.11 Å². The number of thiocarbonyl (C=S) groups is 1. The van der Waals surface area contributed by atoms with Gasteiger partial charge in [0.2, 0.25) is 5.95 Å². The Kier molecular flexibility index (Phi) is 4.52. The zero-order valence-electron chi connectivity index (χ0n) is 12.1. The number of anilines is 1. The Morgan fingerprint density at radius 3 is 2.85 bits per heavy atom. The molecule has 2 heterocycles. The third-order valence-corrected chi connectivity index (χ3v) is 3.53. The molecule has 1 aromatic rings. The van der Waals surface area contributed by atoms with Crippen molar-refractivity contribution in [3.8, 4) is 0 Å². The van der Waals surface area contributed by atoms with Crippen LogP contribution in [0.2, 0.25) is 0 Å². The fourth-order valence-corrected chi connectivity index (χ4v) is 2.64. The van der Waals surface area contributed by atoms with Gasteiger partial charge in [0.05, 0.1) is 6.10 Å². The van der Waals surface area contributed by atoms with Crippen LogP contribution in [0.4, 0.5) is 5.95 Å². The molecule has 0 aliphatic carbocycles. The first kappa shape index (κ1) is 15.1. The number of β-amino-alcohol motifs (C(OH)–C–C–N with tert-alkyl or cyclic N) is 1. The molecular formula is C13H21N5OS. The highest BCUT2D eigenvalue weighted by Gasteiger charge is 2.33. The zero-order chi connectivity index (χ0) is 14.9. The van der Waals surface area contributed by atoms with Crippen molar-refractivity contribution in [3.05, 3.63) is 17.5 Å². The number of hydrogen-bond acceptors (Lipinski definition) is 6. The van der Waals surface area contributed by atoms with E-state index in [4.69, 9.17) is 18.0 Å². The van der Waals surface area contributed by atoms with Gasteiger partial charge >= 0.3 is 0 Å². The molecule has 0 spiro atoms. The SMILES string of the molecule is Cc1cc(C(N)=S)nc(N2CC(O)CC2CN(C)C)n1. The van der Waals surface area contributed by atoms with E-state index >= 15 is 0 Å². The number of nitrogens with zero attached hydrogens (tertiary/aromatic N) is 4. The van der Waals surface area contributed by atoms with E-state index in [1.807, 2.05) is 25.9 Å². The van der Waals surface area contributed by atoms with Crippen molar-refractivity contribution in [1.29, 1.82) is 0 Å². The molecule has 110 valence electrons. The molecule has 2 rings (SSSR count). The van der Waals surface area contributed by atoms with E-state index in [1.54, 1.807) is 6.07 Å². The topological polar surface area (TPSA) is 78.5 Å². The van der Waals surface area contributed by atoms with Crippen LogP contribution in [-0.4, -0.2) is 64.3 Å². The standard InChI is InChI=1S/C13H21N5OS/c1-8-4-11(12(14)20)16-13(15-8)18-7-10(19)5-9(18)6-17(2)3/h4,9-10,19H,5-7H2,1-3H3,(H2,14,20). The third-order valence-electron chi connectivity index (χ3n) is 3.32. The molecule has 0 saturated carbocycles. The third kappa shape index (κ3) is 3.41. The van der Waals surface area contributed by atoms with Crippen molar-refractivity contribution in [2.75, 3.05) is 32.1 Å². The van der Waals surface area contributed by atoms with Crippen LogP contribution in [0.15, 0.2) is 6.07 Å². The Bertz CT molecular complexity index is 508. The fourth-order valence-electron chi connectivity index (χ4n) is 2.54. The maximum absolute atomic E-state index is 9.93. The first-order valence-corrected chi connectivity index (χ1v) is 7.02. The van der Waals surface area contributed by atoms with E-state index in [0.717, 1.165) is 18.7 Å². The molecule has 6 nitrogen and oxygen atoms in total. The maximum Gasteiger partial charge on any atom is 0.226 e. The fraction of sp³-hybridized carbons (Fsp3) is 0.615.